The second-order valence-corrected chi connectivity index (χ2v) is 11.3. The van der Waals surface area contributed by atoms with Gasteiger partial charge in [-0.1, -0.05) is 50.5 Å². The van der Waals surface area contributed by atoms with Gasteiger partial charge in [-0.15, -0.1) is 0 Å². The molecule has 0 N–H and O–H groups in total. The van der Waals surface area contributed by atoms with Gasteiger partial charge in [0.1, 0.15) is 12.4 Å². The molecule has 4 atom stereocenters. The summed E-state index contributed by atoms with van der Waals surface area (Å²) in [6, 6.07) is 13.9. The van der Waals surface area contributed by atoms with Crippen molar-refractivity contribution in [2.45, 2.75) is 83.6 Å². The molecule has 2 aromatic carbocycles. The van der Waals surface area contributed by atoms with Crippen LogP contribution >= 0.6 is 0 Å². The van der Waals surface area contributed by atoms with Gasteiger partial charge in [-0.2, -0.15) is 0 Å². The molecule has 1 aliphatic heterocycles. The molecule has 0 radical (unpaired) electrons. The van der Waals surface area contributed by atoms with Crippen LogP contribution in [0.5, 0.6) is 0 Å². The van der Waals surface area contributed by atoms with E-state index in [2.05, 4.69) is 31.8 Å². The van der Waals surface area contributed by atoms with Crippen LogP contribution in [-0.4, -0.2) is 18.0 Å². The second kappa shape index (κ2) is 9.24. The molecular formula is C30H38FNO. The summed E-state index contributed by atoms with van der Waals surface area (Å²) in [4.78, 5) is 4.64. The van der Waals surface area contributed by atoms with Gasteiger partial charge in [0.15, 0.2) is 0 Å². The highest BCUT2D eigenvalue weighted by Crippen LogP contribution is 2.48. The summed E-state index contributed by atoms with van der Waals surface area (Å²) in [6.45, 7) is 7.04. The number of hydrogen-bond donors (Lipinski definition) is 0. The molecule has 176 valence electrons. The zero-order chi connectivity index (χ0) is 23.0. The standard InChI is InChI=1S/C30H38FNO/c1-4-5-20-6-7-24-17-25(13-12-23(24)16-20)26-14-15-27(28(31)18-26)21-8-10-22(11-9-21)29-32-30(2,3)19-33-29/h8-11,14-15,18,20,23-25H,4-7,12-13,16-17,19H2,1-3H3. The number of ether oxygens (including phenoxy) is 1. The molecule has 33 heavy (non-hydrogen) atoms. The van der Waals surface area contributed by atoms with Gasteiger partial charge in [-0.25, -0.2) is 9.38 Å². The molecule has 2 aromatic rings. The molecule has 2 nitrogen and oxygen atoms in total. The Kier molecular flexibility index (Phi) is 6.33. The molecule has 2 saturated carbocycles. The number of rotatable bonds is 5. The van der Waals surface area contributed by atoms with Crippen LogP contribution in [0.15, 0.2) is 47.5 Å². The lowest BCUT2D eigenvalue weighted by Crippen LogP contribution is -2.30. The van der Waals surface area contributed by atoms with Crippen molar-refractivity contribution in [3.63, 3.8) is 0 Å². The highest BCUT2D eigenvalue weighted by atomic mass is 19.1. The van der Waals surface area contributed by atoms with Crippen LogP contribution in [0.25, 0.3) is 11.1 Å². The maximum absolute atomic E-state index is 15.2. The molecule has 0 bridgehead atoms. The van der Waals surface area contributed by atoms with Crippen LogP contribution in [0, 0.1) is 23.6 Å². The number of halogens is 1. The molecule has 5 rings (SSSR count). The summed E-state index contributed by atoms with van der Waals surface area (Å²) in [5.41, 5.74) is 3.54. The van der Waals surface area contributed by atoms with Gasteiger partial charge in [-0.05, 0) is 98.9 Å². The van der Waals surface area contributed by atoms with Gasteiger partial charge in [0.25, 0.3) is 0 Å². The Bertz CT molecular complexity index is 1010. The van der Waals surface area contributed by atoms with Gasteiger partial charge in [0, 0.05) is 11.1 Å². The Hall–Kier alpha value is -2.16. The Balaban J connectivity index is 1.27. The lowest BCUT2D eigenvalue weighted by molar-refractivity contribution is 0.114. The van der Waals surface area contributed by atoms with E-state index in [0.717, 1.165) is 28.9 Å². The molecule has 0 aromatic heterocycles. The van der Waals surface area contributed by atoms with Crippen LogP contribution in [-0.2, 0) is 4.74 Å². The number of benzene rings is 2. The predicted molar refractivity (Wildman–Crippen MR) is 134 cm³/mol. The van der Waals surface area contributed by atoms with Crippen LogP contribution in [0.3, 0.4) is 0 Å². The zero-order valence-electron chi connectivity index (χ0n) is 20.4. The van der Waals surface area contributed by atoms with E-state index in [0.29, 0.717) is 24.0 Å². The van der Waals surface area contributed by atoms with Crippen molar-refractivity contribution in [1.82, 2.24) is 0 Å². The predicted octanol–water partition coefficient (Wildman–Crippen LogP) is 8.15. The molecule has 1 heterocycles. The fourth-order valence-corrected chi connectivity index (χ4v) is 6.50. The first-order chi connectivity index (χ1) is 15.9. The number of aliphatic imine (C=N–C) groups is 1. The smallest absolute Gasteiger partial charge is 0.216 e. The number of hydrogen-bond acceptors (Lipinski definition) is 2. The summed E-state index contributed by atoms with van der Waals surface area (Å²) in [6.07, 6.45) is 10.7. The third-order valence-electron chi connectivity index (χ3n) is 8.29. The molecule has 0 amide bonds. The van der Waals surface area contributed by atoms with Crippen LogP contribution in [0.4, 0.5) is 4.39 Å². The summed E-state index contributed by atoms with van der Waals surface area (Å²) in [7, 11) is 0. The second-order valence-electron chi connectivity index (χ2n) is 11.3. The number of fused-ring (bicyclic) bond motifs is 1. The van der Waals surface area contributed by atoms with Gasteiger partial charge in [0.2, 0.25) is 5.90 Å². The highest BCUT2D eigenvalue weighted by Gasteiger charge is 2.36. The maximum atomic E-state index is 15.2. The van der Waals surface area contributed by atoms with E-state index in [1.807, 2.05) is 36.4 Å². The van der Waals surface area contributed by atoms with E-state index >= 15 is 4.39 Å². The summed E-state index contributed by atoms with van der Waals surface area (Å²) in [5, 5.41) is 0. The monoisotopic (exact) mass is 447 g/mol. The summed E-state index contributed by atoms with van der Waals surface area (Å²) >= 11 is 0. The van der Waals surface area contributed by atoms with Gasteiger partial charge in [-0.3, -0.25) is 0 Å². The number of nitrogens with zero attached hydrogens (tertiary/aromatic N) is 1. The van der Waals surface area contributed by atoms with E-state index < -0.39 is 0 Å². The van der Waals surface area contributed by atoms with Gasteiger partial charge < -0.3 is 4.74 Å². The van der Waals surface area contributed by atoms with E-state index in [1.54, 1.807) is 0 Å². The van der Waals surface area contributed by atoms with E-state index in [-0.39, 0.29) is 11.4 Å². The molecule has 0 spiro atoms. The minimum Gasteiger partial charge on any atom is -0.475 e. The zero-order valence-corrected chi connectivity index (χ0v) is 20.4. The molecule has 2 fully saturated rings. The molecular weight excluding hydrogens is 409 g/mol. The van der Waals surface area contributed by atoms with Crippen molar-refractivity contribution < 1.29 is 9.13 Å². The van der Waals surface area contributed by atoms with Crippen molar-refractivity contribution in [3.05, 3.63) is 59.4 Å². The van der Waals surface area contributed by atoms with Crippen molar-refractivity contribution in [2.75, 3.05) is 6.61 Å². The average molecular weight is 448 g/mol. The lowest BCUT2D eigenvalue weighted by Gasteiger charge is -2.42. The molecule has 2 aliphatic carbocycles. The normalized spacial score (nSPS) is 28.7. The minimum absolute atomic E-state index is 0.107. The summed E-state index contributed by atoms with van der Waals surface area (Å²) < 4.78 is 21.0. The lowest BCUT2D eigenvalue weighted by atomic mass is 9.63. The Morgan fingerprint density at radius 3 is 2.36 bits per heavy atom. The Labute approximate surface area is 198 Å². The van der Waals surface area contributed by atoms with Crippen molar-refractivity contribution in [2.24, 2.45) is 22.7 Å². The largest absolute Gasteiger partial charge is 0.475 e. The third kappa shape index (κ3) is 4.88. The van der Waals surface area contributed by atoms with E-state index in [1.165, 1.54) is 56.9 Å². The van der Waals surface area contributed by atoms with Crippen molar-refractivity contribution >= 4 is 5.90 Å². The highest BCUT2D eigenvalue weighted by molar-refractivity contribution is 5.95. The van der Waals surface area contributed by atoms with Crippen LogP contribution < -0.4 is 0 Å². The Morgan fingerprint density at radius 2 is 1.67 bits per heavy atom. The van der Waals surface area contributed by atoms with E-state index in [4.69, 9.17) is 4.74 Å². The maximum Gasteiger partial charge on any atom is 0.216 e. The van der Waals surface area contributed by atoms with E-state index in [9.17, 15) is 0 Å². The Morgan fingerprint density at radius 1 is 0.939 bits per heavy atom. The van der Waals surface area contributed by atoms with Crippen molar-refractivity contribution in [3.8, 4) is 11.1 Å². The minimum atomic E-state index is -0.177. The molecule has 3 aliphatic rings. The molecule has 3 heteroatoms. The average Bonchev–Trinajstić information content (AvgIpc) is 3.18. The van der Waals surface area contributed by atoms with Crippen LogP contribution in [0.2, 0.25) is 0 Å². The first-order valence-electron chi connectivity index (χ1n) is 13.0. The van der Waals surface area contributed by atoms with Crippen LogP contribution in [0.1, 0.15) is 89.2 Å². The quantitative estimate of drug-likeness (QED) is 0.453. The molecule has 4 unspecified atom stereocenters. The fraction of sp³-hybridized carbons (Fsp3) is 0.567. The fourth-order valence-electron chi connectivity index (χ4n) is 6.50. The first-order valence-corrected chi connectivity index (χ1v) is 13.0. The topological polar surface area (TPSA) is 21.6 Å². The van der Waals surface area contributed by atoms with Gasteiger partial charge in [0.05, 0.1) is 5.54 Å². The summed E-state index contributed by atoms with van der Waals surface area (Å²) in [5.74, 6) is 3.80. The SMILES string of the molecule is CCCC1CCC2CC(c3ccc(-c4ccc(C5=NC(C)(C)CO5)cc4)c(F)c3)CCC2C1. The molecule has 0 saturated heterocycles. The van der Waals surface area contributed by atoms with Crippen molar-refractivity contribution in [1.29, 1.82) is 0 Å². The third-order valence-corrected chi connectivity index (χ3v) is 8.29. The first kappa shape index (κ1) is 22.6. The van der Waals surface area contributed by atoms with Gasteiger partial charge >= 0.3 is 0 Å².